The van der Waals surface area contributed by atoms with Gasteiger partial charge in [-0.3, -0.25) is 14.1 Å². The Balaban J connectivity index is 0.000000486. The Bertz CT molecular complexity index is 625. The summed E-state index contributed by atoms with van der Waals surface area (Å²) in [4.78, 5) is 19.3. The number of ketones is 1. The maximum Gasteiger partial charge on any atom is 0.310 e. The van der Waals surface area contributed by atoms with Crippen LogP contribution in [0.5, 0.6) is 5.75 Å². The van der Waals surface area contributed by atoms with Crippen molar-refractivity contribution in [1.29, 1.82) is 0 Å². The van der Waals surface area contributed by atoms with Gasteiger partial charge < -0.3 is 15.6 Å². The normalized spacial score (nSPS) is 10.3. The molecule has 0 aliphatic heterocycles. The van der Waals surface area contributed by atoms with Gasteiger partial charge in [-0.05, 0) is 25.5 Å². The van der Waals surface area contributed by atoms with Crippen LogP contribution in [0.15, 0.2) is 17.0 Å². The first-order chi connectivity index (χ1) is 9.48. The number of carbonyl (C=O) groups is 2. The monoisotopic (exact) mass is 319 g/mol. The van der Waals surface area contributed by atoms with Crippen LogP contribution < -0.4 is 10.5 Å². The summed E-state index contributed by atoms with van der Waals surface area (Å²) in [6.07, 6.45) is -0.361. The lowest BCUT2D eigenvalue weighted by atomic mass is 10.2. The Morgan fingerprint density at radius 3 is 2.14 bits per heavy atom. The second-order valence-corrected chi connectivity index (χ2v) is 5.50. The highest BCUT2D eigenvalue weighted by molar-refractivity contribution is 7.85. The fraction of sp³-hybridized carbons (Fsp3) is 0.333. The van der Waals surface area contributed by atoms with Crippen LogP contribution in [0.2, 0.25) is 0 Å². The molecule has 0 unspecified atom stereocenters. The van der Waals surface area contributed by atoms with Crippen molar-refractivity contribution in [1.82, 2.24) is 0 Å². The molecule has 1 aromatic carbocycles. The Labute approximate surface area is 122 Å². The van der Waals surface area contributed by atoms with E-state index < -0.39 is 16.1 Å². The van der Waals surface area contributed by atoms with Gasteiger partial charge in [0.1, 0.15) is 22.8 Å². The summed E-state index contributed by atoms with van der Waals surface area (Å²) in [5, 5.41) is 7.86. The van der Waals surface area contributed by atoms with Crippen LogP contribution in [0.3, 0.4) is 0 Å². The van der Waals surface area contributed by atoms with E-state index in [9.17, 15) is 18.0 Å². The maximum absolute atomic E-state index is 10.9. The molecule has 0 spiro atoms. The van der Waals surface area contributed by atoms with E-state index in [1.807, 2.05) is 0 Å². The Morgan fingerprint density at radius 2 is 1.86 bits per heavy atom. The predicted molar refractivity (Wildman–Crippen MR) is 74.9 cm³/mol. The number of benzene rings is 1. The van der Waals surface area contributed by atoms with Crippen molar-refractivity contribution in [2.24, 2.45) is 0 Å². The molecular formula is C12H17NO7S. The third-order valence-corrected chi connectivity index (χ3v) is 3.20. The quantitative estimate of drug-likeness (QED) is 0.421. The molecule has 0 saturated heterocycles. The molecule has 0 bridgehead atoms. The summed E-state index contributed by atoms with van der Waals surface area (Å²) in [5.74, 6) is -1.15. The smallest absolute Gasteiger partial charge is 0.310 e. The second-order valence-electron chi connectivity index (χ2n) is 4.11. The molecule has 0 radical (unpaired) electrons. The molecule has 9 heteroatoms. The summed E-state index contributed by atoms with van der Waals surface area (Å²) in [7, 11) is -2.85. The van der Waals surface area contributed by atoms with Crippen molar-refractivity contribution in [3.05, 3.63) is 17.7 Å². The highest BCUT2D eigenvalue weighted by atomic mass is 32.2. The molecule has 0 fully saturated rings. The summed E-state index contributed by atoms with van der Waals surface area (Å²) in [6, 6.07) is 2.63. The summed E-state index contributed by atoms with van der Waals surface area (Å²) in [6.45, 7) is 2.78. The molecule has 0 aliphatic rings. The maximum atomic E-state index is 10.9. The largest absolute Gasteiger partial charge is 0.495 e. The number of nitrogen functional groups attached to an aromatic ring is 1. The van der Waals surface area contributed by atoms with E-state index in [0.717, 1.165) is 0 Å². The van der Waals surface area contributed by atoms with Crippen LogP contribution in [0.25, 0.3) is 0 Å². The zero-order valence-electron chi connectivity index (χ0n) is 11.8. The van der Waals surface area contributed by atoms with Crippen LogP contribution in [0, 0.1) is 6.92 Å². The number of hydrogen-bond donors (Lipinski definition) is 3. The standard InChI is InChI=1S/C8H11NO4S.C4H6O3/c1-5-3-6(9)7(13-2)4-8(5)14(10,11)12;1-3(5)2-4(6)7/h3-4H,9H2,1-2H3,(H,10,11,12);2H2,1H3,(H,6,7). The van der Waals surface area contributed by atoms with E-state index in [-0.39, 0.29) is 22.8 Å². The number of aliphatic carboxylic acids is 1. The molecule has 0 heterocycles. The number of methoxy groups -OCH3 is 1. The van der Waals surface area contributed by atoms with Crippen molar-refractivity contribution in [3.8, 4) is 5.75 Å². The molecule has 0 saturated carbocycles. The molecule has 21 heavy (non-hydrogen) atoms. The van der Waals surface area contributed by atoms with Gasteiger partial charge in [0.25, 0.3) is 10.1 Å². The van der Waals surface area contributed by atoms with Gasteiger partial charge in [0.2, 0.25) is 0 Å². The number of ether oxygens (including phenoxy) is 1. The fourth-order valence-electron chi connectivity index (χ4n) is 1.36. The molecule has 0 aromatic heterocycles. The van der Waals surface area contributed by atoms with Crippen LogP contribution in [0.1, 0.15) is 18.9 Å². The molecule has 4 N–H and O–H groups in total. The van der Waals surface area contributed by atoms with Crippen LogP contribution in [-0.2, 0) is 19.7 Å². The van der Waals surface area contributed by atoms with Gasteiger partial charge >= 0.3 is 5.97 Å². The SMILES string of the molecule is CC(=O)CC(=O)O.COc1cc(S(=O)(=O)O)c(C)cc1N. The van der Waals surface area contributed by atoms with Crippen LogP contribution >= 0.6 is 0 Å². The average Bonchev–Trinajstić information content (AvgIpc) is 2.26. The van der Waals surface area contributed by atoms with Gasteiger partial charge in [-0.15, -0.1) is 0 Å². The predicted octanol–water partition coefficient (Wildman–Crippen LogP) is 0.883. The summed E-state index contributed by atoms with van der Waals surface area (Å²) in [5.41, 5.74) is 6.25. The number of aryl methyl sites for hydroxylation is 1. The molecule has 1 rings (SSSR count). The van der Waals surface area contributed by atoms with E-state index in [4.69, 9.17) is 20.1 Å². The van der Waals surface area contributed by atoms with E-state index in [1.165, 1.54) is 26.2 Å². The Hall–Kier alpha value is -2.13. The van der Waals surface area contributed by atoms with Gasteiger partial charge in [0, 0.05) is 6.07 Å². The average molecular weight is 319 g/mol. The van der Waals surface area contributed by atoms with Gasteiger partial charge in [0.05, 0.1) is 12.8 Å². The van der Waals surface area contributed by atoms with Crippen molar-refractivity contribution in [3.63, 3.8) is 0 Å². The number of carboxylic acids is 1. The Kier molecular flexibility index (Phi) is 6.83. The minimum atomic E-state index is -4.22. The van der Waals surface area contributed by atoms with E-state index in [1.54, 1.807) is 6.92 Å². The van der Waals surface area contributed by atoms with Gasteiger partial charge in [-0.1, -0.05) is 0 Å². The number of hydrogen-bond acceptors (Lipinski definition) is 6. The number of anilines is 1. The lowest BCUT2D eigenvalue weighted by molar-refractivity contribution is -0.139. The summed E-state index contributed by atoms with van der Waals surface area (Å²) < 4.78 is 35.5. The van der Waals surface area contributed by atoms with E-state index in [0.29, 0.717) is 11.3 Å². The van der Waals surface area contributed by atoms with Gasteiger partial charge in [-0.2, -0.15) is 8.42 Å². The number of Topliss-reactive ketones (excluding diaryl/α,β-unsaturated/α-hetero) is 1. The molecular weight excluding hydrogens is 302 g/mol. The topological polar surface area (TPSA) is 144 Å². The minimum absolute atomic E-state index is 0.191. The van der Waals surface area contributed by atoms with Crippen molar-refractivity contribution in [2.45, 2.75) is 25.2 Å². The number of nitrogens with two attached hydrogens (primary N) is 1. The number of carbonyl (C=O) groups excluding carboxylic acids is 1. The van der Waals surface area contributed by atoms with Crippen molar-refractivity contribution in [2.75, 3.05) is 12.8 Å². The molecule has 8 nitrogen and oxygen atoms in total. The van der Waals surface area contributed by atoms with Gasteiger partial charge in [-0.25, -0.2) is 0 Å². The molecule has 1 aromatic rings. The highest BCUT2D eigenvalue weighted by Crippen LogP contribution is 2.27. The summed E-state index contributed by atoms with van der Waals surface area (Å²) >= 11 is 0. The first-order valence-electron chi connectivity index (χ1n) is 5.61. The lowest BCUT2D eigenvalue weighted by Gasteiger charge is -2.08. The van der Waals surface area contributed by atoms with Crippen LogP contribution in [0.4, 0.5) is 5.69 Å². The zero-order chi connectivity index (χ0) is 16.8. The van der Waals surface area contributed by atoms with E-state index >= 15 is 0 Å². The Morgan fingerprint density at radius 1 is 1.33 bits per heavy atom. The molecule has 0 aliphatic carbocycles. The van der Waals surface area contributed by atoms with Crippen molar-refractivity contribution >= 4 is 27.6 Å². The highest BCUT2D eigenvalue weighted by Gasteiger charge is 2.15. The molecule has 118 valence electrons. The first kappa shape index (κ1) is 18.9. The number of carboxylic acid groups (broad SMARTS) is 1. The molecule has 0 amide bonds. The van der Waals surface area contributed by atoms with Gasteiger partial charge in [0.15, 0.2) is 0 Å². The third kappa shape index (κ3) is 6.72. The second kappa shape index (κ2) is 7.60. The number of rotatable bonds is 4. The third-order valence-electron chi connectivity index (χ3n) is 2.21. The fourth-order valence-corrected chi connectivity index (χ4v) is 2.08. The first-order valence-corrected chi connectivity index (χ1v) is 7.05. The van der Waals surface area contributed by atoms with E-state index in [2.05, 4.69) is 0 Å². The zero-order valence-corrected chi connectivity index (χ0v) is 12.6. The minimum Gasteiger partial charge on any atom is -0.495 e. The van der Waals surface area contributed by atoms with Crippen LogP contribution in [-0.4, -0.2) is 36.9 Å². The molecule has 0 atom stereocenters. The van der Waals surface area contributed by atoms with Crippen molar-refractivity contribution < 1.29 is 32.4 Å². The lowest BCUT2D eigenvalue weighted by Crippen LogP contribution is -2.03.